The van der Waals surface area contributed by atoms with E-state index in [1.54, 1.807) is 24.3 Å². The van der Waals surface area contributed by atoms with Crippen LogP contribution in [0, 0.1) is 5.92 Å². The number of aromatic nitrogens is 2. The summed E-state index contributed by atoms with van der Waals surface area (Å²) in [5.41, 5.74) is 7.22. The van der Waals surface area contributed by atoms with E-state index in [0.29, 0.717) is 29.9 Å². The average Bonchev–Trinajstić information content (AvgIpc) is 2.75. The van der Waals surface area contributed by atoms with Crippen LogP contribution in [0.4, 0.5) is 11.8 Å². The summed E-state index contributed by atoms with van der Waals surface area (Å²) in [6.07, 6.45) is 1.60. The second-order valence-corrected chi connectivity index (χ2v) is 7.76. The van der Waals surface area contributed by atoms with Crippen molar-refractivity contribution in [3.8, 4) is 0 Å². The number of amides is 1. The second-order valence-electron chi connectivity index (χ2n) is 7.76. The first-order chi connectivity index (χ1) is 15.2. The van der Waals surface area contributed by atoms with E-state index in [0.717, 1.165) is 18.4 Å². The van der Waals surface area contributed by atoms with E-state index in [9.17, 15) is 19.2 Å². The van der Waals surface area contributed by atoms with Gasteiger partial charge in [0.25, 0.3) is 11.5 Å². The predicted molar refractivity (Wildman–Crippen MR) is 115 cm³/mol. The number of carbonyl (C=O) groups excluding carboxylic acids is 1. The molecule has 0 saturated carbocycles. The number of hydrogen-bond acceptors (Lipinski definition) is 7. The van der Waals surface area contributed by atoms with Gasteiger partial charge in [0.2, 0.25) is 5.95 Å². The summed E-state index contributed by atoms with van der Waals surface area (Å²) in [7, 11) is 0. The van der Waals surface area contributed by atoms with Gasteiger partial charge in [0.05, 0.1) is 5.56 Å². The third-order valence-electron chi connectivity index (χ3n) is 5.39. The second kappa shape index (κ2) is 9.94. The van der Waals surface area contributed by atoms with Crippen molar-refractivity contribution in [2.24, 2.45) is 5.92 Å². The number of aromatic amines is 1. The lowest BCUT2D eigenvalue weighted by atomic mass is 9.91. The van der Waals surface area contributed by atoms with Crippen LogP contribution in [-0.4, -0.2) is 50.6 Å². The molecule has 32 heavy (non-hydrogen) atoms. The number of anilines is 2. The molecule has 1 aliphatic rings. The molecule has 1 amide bonds. The molecule has 0 bridgehead atoms. The SMILES string of the molecule is Nc1nc2c(c(=O)[nH]1)C[C@@H](CCc1ccc(C(=O)N[C@H](CCC(=O)O)C(=O)O)cc1)CN2. The number of H-pyrrole nitrogens is 1. The number of carboxylic acid groups (broad SMARTS) is 2. The summed E-state index contributed by atoms with van der Waals surface area (Å²) in [4.78, 5) is 52.9. The number of nitrogens with two attached hydrogens (primary N) is 1. The number of aryl methyl sites for hydroxylation is 1. The predicted octanol–water partition coefficient (Wildman–Crippen LogP) is 0.617. The molecule has 11 nitrogen and oxygen atoms in total. The first kappa shape index (κ1) is 22.8. The first-order valence-electron chi connectivity index (χ1n) is 10.2. The van der Waals surface area contributed by atoms with E-state index in [1.807, 2.05) is 0 Å². The molecule has 0 aliphatic carbocycles. The zero-order valence-corrected chi connectivity index (χ0v) is 17.3. The number of fused-ring (bicyclic) bond motifs is 1. The number of nitrogens with one attached hydrogen (secondary N) is 3. The Bertz CT molecular complexity index is 1070. The zero-order valence-electron chi connectivity index (χ0n) is 17.3. The Hall–Kier alpha value is -3.89. The molecule has 0 fully saturated rings. The largest absolute Gasteiger partial charge is 0.481 e. The van der Waals surface area contributed by atoms with Crippen LogP contribution >= 0.6 is 0 Å². The summed E-state index contributed by atoms with van der Waals surface area (Å²) in [6, 6.07) is 5.52. The van der Waals surface area contributed by atoms with Crippen molar-refractivity contribution in [2.45, 2.75) is 38.1 Å². The van der Waals surface area contributed by atoms with E-state index in [-0.39, 0.29) is 30.3 Å². The fourth-order valence-corrected chi connectivity index (χ4v) is 3.62. The molecule has 0 radical (unpaired) electrons. The van der Waals surface area contributed by atoms with Crippen LogP contribution in [0.2, 0.25) is 0 Å². The highest BCUT2D eigenvalue weighted by Crippen LogP contribution is 2.23. The number of benzene rings is 1. The molecule has 11 heteroatoms. The average molecular weight is 443 g/mol. The van der Waals surface area contributed by atoms with Crippen molar-refractivity contribution >= 4 is 29.6 Å². The van der Waals surface area contributed by atoms with Crippen LogP contribution < -0.4 is 21.9 Å². The number of nitrogen functional groups attached to an aromatic ring is 1. The van der Waals surface area contributed by atoms with Gasteiger partial charge in [-0.1, -0.05) is 12.1 Å². The Labute approximate surface area is 183 Å². The van der Waals surface area contributed by atoms with Gasteiger partial charge in [-0.05, 0) is 49.3 Å². The molecule has 2 heterocycles. The minimum atomic E-state index is -1.28. The maximum Gasteiger partial charge on any atom is 0.326 e. The summed E-state index contributed by atoms with van der Waals surface area (Å²) >= 11 is 0. The Morgan fingerprint density at radius 1 is 1.22 bits per heavy atom. The van der Waals surface area contributed by atoms with Gasteiger partial charge in [-0.2, -0.15) is 4.98 Å². The topological polar surface area (TPSA) is 187 Å². The molecule has 3 rings (SSSR count). The van der Waals surface area contributed by atoms with Gasteiger partial charge in [-0.15, -0.1) is 0 Å². The molecule has 7 N–H and O–H groups in total. The lowest BCUT2D eigenvalue weighted by Gasteiger charge is -2.24. The van der Waals surface area contributed by atoms with E-state index in [1.165, 1.54) is 0 Å². The van der Waals surface area contributed by atoms with Crippen molar-refractivity contribution < 1.29 is 24.6 Å². The Balaban J connectivity index is 1.54. The molecule has 0 unspecified atom stereocenters. The standard InChI is InChI=1S/C21H25N5O6/c22-21-25-17-14(19(30)26-21)9-12(10-23-17)2-1-11-3-5-13(6-4-11)18(29)24-15(20(31)32)7-8-16(27)28/h3-6,12,15H,1-2,7-10H2,(H,24,29)(H,27,28)(H,31,32)(H4,22,23,25,26,30)/t12-,15-/m1/s1. The lowest BCUT2D eigenvalue weighted by Crippen LogP contribution is -2.41. The molecule has 170 valence electrons. The minimum Gasteiger partial charge on any atom is -0.481 e. The van der Waals surface area contributed by atoms with Crippen molar-refractivity contribution in [2.75, 3.05) is 17.6 Å². The fourth-order valence-electron chi connectivity index (χ4n) is 3.62. The molecule has 0 saturated heterocycles. The van der Waals surface area contributed by atoms with E-state index in [4.69, 9.17) is 15.9 Å². The van der Waals surface area contributed by atoms with Gasteiger partial charge in [0.15, 0.2) is 0 Å². The minimum absolute atomic E-state index is 0.0837. The Morgan fingerprint density at radius 3 is 2.59 bits per heavy atom. The zero-order chi connectivity index (χ0) is 23.3. The maximum atomic E-state index is 12.3. The third-order valence-corrected chi connectivity index (χ3v) is 5.39. The smallest absolute Gasteiger partial charge is 0.326 e. The van der Waals surface area contributed by atoms with E-state index in [2.05, 4.69) is 20.6 Å². The highest BCUT2D eigenvalue weighted by atomic mass is 16.4. The molecular formula is C21H25N5O6. The van der Waals surface area contributed by atoms with Gasteiger partial charge in [0.1, 0.15) is 11.9 Å². The molecular weight excluding hydrogens is 418 g/mol. The molecule has 0 spiro atoms. The first-order valence-corrected chi connectivity index (χ1v) is 10.2. The number of aliphatic carboxylic acids is 2. The molecule has 2 aromatic rings. The van der Waals surface area contributed by atoms with Crippen molar-refractivity contribution in [1.82, 2.24) is 15.3 Å². The van der Waals surface area contributed by atoms with Crippen LogP contribution in [0.1, 0.15) is 40.7 Å². The summed E-state index contributed by atoms with van der Waals surface area (Å²) in [5.74, 6) is -2.13. The highest BCUT2D eigenvalue weighted by Gasteiger charge is 2.23. The van der Waals surface area contributed by atoms with Crippen LogP contribution in [0.5, 0.6) is 0 Å². The van der Waals surface area contributed by atoms with Crippen molar-refractivity contribution in [3.05, 3.63) is 51.3 Å². The van der Waals surface area contributed by atoms with Gasteiger partial charge in [-0.3, -0.25) is 19.4 Å². The van der Waals surface area contributed by atoms with Gasteiger partial charge in [0, 0.05) is 18.5 Å². The quantitative estimate of drug-likeness (QED) is 0.323. The van der Waals surface area contributed by atoms with E-state index >= 15 is 0 Å². The summed E-state index contributed by atoms with van der Waals surface area (Å²) < 4.78 is 0. The molecule has 1 aromatic carbocycles. The number of rotatable bonds is 9. The van der Waals surface area contributed by atoms with Crippen molar-refractivity contribution in [1.29, 1.82) is 0 Å². The van der Waals surface area contributed by atoms with E-state index < -0.39 is 23.9 Å². The molecule has 1 aromatic heterocycles. The van der Waals surface area contributed by atoms with Crippen LogP contribution in [0.25, 0.3) is 0 Å². The summed E-state index contributed by atoms with van der Waals surface area (Å²) in [5, 5.41) is 23.4. The number of nitrogens with zero attached hydrogens (tertiary/aromatic N) is 1. The van der Waals surface area contributed by atoms with Gasteiger partial charge < -0.3 is 26.6 Å². The molecule has 1 aliphatic heterocycles. The Kier molecular flexibility index (Phi) is 7.08. The Morgan fingerprint density at radius 2 is 1.94 bits per heavy atom. The van der Waals surface area contributed by atoms with Crippen LogP contribution in [0.15, 0.2) is 29.1 Å². The number of carboxylic acids is 2. The maximum absolute atomic E-state index is 12.3. The van der Waals surface area contributed by atoms with Gasteiger partial charge in [-0.25, -0.2) is 4.79 Å². The van der Waals surface area contributed by atoms with Crippen LogP contribution in [0.3, 0.4) is 0 Å². The third kappa shape index (κ3) is 5.84. The fraction of sp³-hybridized carbons (Fsp3) is 0.381. The number of carbonyl (C=O) groups is 3. The van der Waals surface area contributed by atoms with Crippen molar-refractivity contribution in [3.63, 3.8) is 0 Å². The summed E-state index contributed by atoms with van der Waals surface area (Å²) in [6.45, 7) is 0.677. The molecule has 2 atom stereocenters. The van der Waals surface area contributed by atoms with Gasteiger partial charge >= 0.3 is 11.9 Å². The highest BCUT2D eigenvalue weighted by molar-refractivity contribution is 5.96. The normalized spacial score (nSPS) is 15.8. The lowest BCUT2D eigenvalue weighted by molar-refractivity contribution is -0.140. The monoisotopic (exact) mass is 443 g/mol. The number of hydrogen-bond donors (Lipinski definition) is 6. The van der Waals surface area contributed by atoms with Crippen LogP contribution in [-0.2, 0) is 22.4 Å².